The molecule has 0 heterocycles. The third kappa shape index (κ3) is 3.24. The van der Waals surface area contributed by atoms with Crippen molar-refractivity contribution in [1.82, 2.24) is 5.32 Å². The van der Waals surface area contributed by atoms with Gasteiger partial charge in [0.15, 0.2) is 0 Å². The average molecular weight is 340 g/mol. The van der Waals surface area contributed by atoms with Gasteiger partial charge in [0.05, 0.1) is 15.5 Å². The van der Waals surface area contributed by atoms with Crippen molar-refractivity contribution in [2.75, 3.05) is 0 Å². The Labute approximate surface area is 125 Å². The summed E-state index contributed by atoms with van der Waals surface area (Å²) in [5.41, 5.74) is -0.231. The molecule has 0 saturated heterocycles. The van der Waals surface area contributed by atoms with E-state index in [4.69, 9.17) is 22.3 Å². The van der Waals surface area contributed by atoms with Gasteiger partial charge in [-0.05, 0) is 30.9 Å². The summed E-state index contributed by atoms with van der Waals surface area (Å²) in [6.45, 7) is 2.05. The number of hydrogen-bond donors (Lipinski definition) is 1. The highest BCUT2D eigenvalue weighted by Crippen LogP contribution is 2.29. The quantitative estimate of drug-likeness (QED) is 0.861. The summed E-state index contributed by atoms with van der Waals surface area (Å²) in [5, 5.41) is 2.26. The molecule has 8 heteroatoms. The van der Waals surface area contributed by atoms with Crippen molar-refractivity contribution in [2.24, 2.45) is 5.92 Å². The number of carbonyl (C=O) groups is 1. The lowest BCUT2D eigenvalue weighted by molar-refractivity contribution is 0.0895. The van der Waals surface area contributed by atoms with Crippen LogP contribution >= 0.6 is 22.3 Å². The third-order valence-electron chi connectivity index (χ3n) is 3.24. The molecule has 1 aliphatic carbocycles. The number of hydrogen-bond acceptors (Lipinski definition) is 3. The fourth-order valence-electron chi connectivity index (χ4n) is 2.15. The second-order valence-corrected chi connectivity index (χ2v) is 7.90. The van der Waals surface area contributed by atoms with Crippen LogP contribution in [0.3, 0.4) is 0 Å². The largest absolute Gasteiger partial charge is 0.349 e. The van der Waals surface area contributed by atoms with Crippen LogP contribution in [0.15, 0.2) is 17.0 Å². The SMILES string of the molecule is CC1CC(NC(=O)c2cc(S(=O)(=O)Cl)cc(F)c2Cl)C1. The molecule has 1 N–H and O–H groups in total. The Kier molecular flexibility index (Phi) is 4.27. The maximum atomic E-state index is 13.6. The standard InChI is InChI=1S/C12H12Cl2FNO3S/c1-6-2-7(3-6)16-12(17)9-4-8(20(14,18)19)5-10(15)11(9)13/h4-7H,2-3H2,1H3,(H,16,17). The Morgan fingerprint density at radius 1 is 1.40 bits per heavy atom. The second-order valence-electron chi connectivity index (χ2n) is 4.95. The number of nitrogens with one attached hydrogen (secondary N) is 1. The molecule has 0 atom stereocenters. The molecule has 1 aliphatic rings. The molecule has 2 rings (SSSR count). The zero-order valence-electron chi connectivity index (χ0n) is 10.5. The Morgan fingerprint density at radius 3 is 2.50 bits per heavy atom. The minimum atomic E-state index is -4.13. The maximum absolute atomic E-state index is 13.6. The Hall–Kier alpha value is -0.850. The Bertz CT molecular complexity index is 657. The first-order valence-corrected chi connectivity index (χ1v) is 8.61. The summed E-state index contributed by atoms with van der Waals surface area (Å²) >= 11 is 5.71. The van der Waals surface area contributed by atoms with E-state index in [1.807, 2.05) is 0 Å². The number of benzene rings is 1. The Morgan fingerprint density at radius 2 is 2.00 bits per heavy atom. The fraction of sp³-hybridized carbons (Fsp3) is 0.417. The molecule has 1 amide bonds. The van der Waals surface area contributed by atoms with E-state index in [2.05, 4.69) is 12.2 Å². The van der Waals surface area contributed by atoms with Crippen molar-refractivity contribution in [3.63, 3.8) is 0 Å². The summed E-state index contributed by atoms with van der Waals surface area (Å²) in [5.74, 6) is -1.07. The van der Waals surface area contributed by atoms with E-state index in [-0.39, 0.29) is 11.6 Å². The number of rotatable bonds is 3. The minimum absolute atomic E-state index is 0.00731. The molecule has 1 fully saturated rings. The van der Waals surface area contributed by atoms with E-state index < -0.39 is 30.7 Å². The van der Waals surface area contributed by atoms with Crippen LogP contribution in [0.4, 0.5) is 4.39 Å². The van der Waals surface area contributed by atoms with Gasteiger partial charge >= 0.3 is 0 Å². The monoisotopic (exact) mass is 339 g/mol. The summed E-state index contributed by atoms with van der Waals surface area (Å²) in [7, 11) is 1.02. The van der Waals surface area contributed by atoms with Crippen molar-refractivity contribution in [3.8, 4) is 0 Å². The highest BCUT2D eigenvalue weighted by Gasteiger charge is 2.28. The number of carbonyl (C=O) groups excluding carboxylic acids is 1. The molecule has 1 saturated carbocycles. The lowest BCUT2D eigenvalue weighted by Crippen LogP contribution is -2.43. The maximum Gasteiger partial charge on any atom is 0.261 e. The molecule has 4 nitrogen and oxygen atoms in total. The normalized spacial score (nSPS) is 22.2. The van der Waals surface area contributed by atoms with Gasteiger partial charge in [-0.25, -0.2) is 12.8 Å². The Balaban J connectivity index is 2.30. The van der Waals surface area contributed by atoms with Crippen molar-refractivity contribution in [1.29, 1.82) is 0 Å². The lowest BCUT2D eigenvalue weighted by Gasteiger charge is -2.33. The first kappa shape index (κ1) is 15.5. The molecule has 1 aromatic carbocycles. The fourth-order valence-corrected chi connectivity index (χ4v) is 3.12. The zero-order chi connectivity index (χ0) is 15.1. The van der Waals surface area contributed by atoms with E-state index in [9.17, 15) is 17.6 Å². The van der Waals surface area contributed by atoms with Gasteiger partial charge in [0.2, 0.25) is 0 Å². The van der Waals surface area contributed by atoms with E-state index >= 15 is 0 Å². The van der Waals surface area contributed by atoms with Crippen molar-refractivity contribution < 1.29 is 17.6 Å². The summed E-state index contributed by atoms with van der Waals surface area (Å²) in [6, 6.07) is 1.67. The molecule has 1 aromatic rings. The molecule has 0 aliphatic heterocycles. The lowest BCUT2D eigenvalue weighted by atomic mass is 9.82. The number of amides is 1. The summed E-state index contributed by atoms with van der Waals surface area (Å²) in [6.07, 6.45) is 1.67. The van der Waals surface area contributed by atoms with Gasteiger partial charge in [-0.3, -0.25) is 4.79 Å². The van der Waals surface area contributed by atoms with Crippen LogP contribution in [0.25, 0.3) is 0 Å². The van der Waals surface area contributed by atoms with Gasteiger partial charge in [-0.2, -0.15) is 0 Å². The van der Waals surface area contributed by atoms with Crippen LogP contribution in [0.5, 0.6) is 0 Å². The molecule has 0 bridgehead atoms. The topological polar surface area (TPSA) is 63.2 Å². The molecular formula is C12H12Cl2FNO3S. The van der Waals surface area contributed by atoms with Gasteiger partial charge in [0.1, 0.15) is 5.82 Å². The summed E-state index contributed by atoms with van der Waals surface area (Å²) < 4.78 is 36.0. The first-order valence-electron chi connectivity index (χ1n) is 5.93. The average Bonchev–Trinajstić information content (AvgIpc) is 2.28. The predicted octanol–water partition coefficient (Wildman–Crippen LogP) is 2.93. The van der Waals surface area contributed by atoms with Gasteiger partial charge in [0.25, 0.3) is 15.0 Å². The smallest absolute Gasteiger partial charge is 0.261 e. The molecule has 20 heavy (non-hydrogen) atoms. The van der Waals surface area contributed by atoms with Crippen LogP contribution in [0.2, 0.25) is 5.02 Å². The predicted molar refractivity (Wildman–Crippen MR) is 74.1 cm³/mol. The van der Waals surface area contributed by atoms with Gasteiger partial charge in [0, 0.05) is 16.7 Å². The summed E-state index contributed by atoms with van der Waals surface area (Å²) in [4.78, 5) is 11.5. The zero-order valence-corrected chi connectivity index (χ0v) is 12.8. The first-order chi connectivity index (χ1) is 9.18. The van der Waals surface area contributed by atoms with Crippen molar-refractivity contribution in [3.05, 3.63) is 28.5 Å². The van der Waals surface area contributed by atoms with Crippen LogP contribution < -0.4 is 5.32 Å². The van der Waals surface area contributed by atoms with E-state index in [0.29, 0.717) is 12.0 Å². The van der Waals surface area contributed by atoms with Crippen LogP contribution in [0, 0.1) is 11.7 Å². The molecule has 0 radical (unpaired) electrons. The minimum Gasteiger partial charge on any atom is -0.349 e. The van der Waals surface area contributed by atoms with E-state index in [0.717, 1.165) is 18.9 Å². The molecule has 0 spiro atoms. The van der Waals surface area contributed by atoms with Crippen LogP contribution in [-0.2, 0) is 9.05 Å². The molecule has 0 unspecified atom stereocenters. The van der Waals surface area contributed by atoms with E-state index in [1.165, 1.54) is 0 Å². The second kappa shape index (κ2) is 5.50. The molecular weight excluding hydrogens is 328 g/mol. The van der Waals surface area contributed by atoms with Gasteiger partial charge in [-0.1, -0.05) is 18.5 Å². The van der Waals surface area contributed by atoms with Gasteiger partial charge in [-0.15, -0.1) is 0 Å². The number of halogens is 3. The van der Waals surface area contributed by atoms with Crippen molar-refractivity contribution >= 4 is 37.2 Å². The molecule has 0 aromatic heterocycles. The highest BCUT2D eigenvalue weighted by atomic mass is 35.7. The van der Waals surface area contributed by atoms with E-state index in [1.54, 1.807) is 0 Å². The highest BCUT2D eigenvalue weighted by molar-refractivity contribution is 8.13. The van der Waals surface area contributed by atoms with Crippen LogP contribution in [-0.4, -0.2) is 20.4 Å². The van der Waals surface area contributed by atoms with Crippen LogP contribution in [0.1, 0.15) is 30.1 Å². The van der Waals surface area contributed by atoms with Gasteiger partial charge < -0.3 is 5.32 Å². The molecule has 110 valence electrons. The third-order valence-corrected chi connectivity index (χ3v) is 4.95. The van der Waals surface area contributed by atoms with Crippen molar-refractivity contribution in [2.45, 2.75) is 30.7 Å².